The predicted octanol–water partition coefficient (Wildman–Crippen LogP) is 2.80. The first-order valence-electron chi connectivity index (χ1n) is 8.08. The van der Waals surface area contributed by atoms with E-state index in [1.807, 2.05) is 18.3 Å². The molecule has 2 aliphatic rings. The van der Waals surface area contributed by atoms with E-state index in [4.69, 9.17) is 25.8 Å². The molecule has 2 atom stereocenters. The van der Waals surface area contributed by atoms with Crippen molar-refractivity contribution in [2.45, 2.75) is 25.1 Å². The third kappa shape index (κ3) is 2.97. The van der Waals surface area contributed by atoms with Gasteiger partial charge in [-0.15, -0.1) is 0 Å². The molecule has 1 saturated heterocycles. The molecule has 0 spiro atoms. The SMILES string of the molecule is CO[C@@H]1CC(c2ncc[nH]2)N(Cc2cc3c(cc2Cl)OCCO3)C1. The number of benzene rings is 1. The number of H-pyrrole nitrogens is 1. The van der Waals surface area contributed by atoms with E-state index in [1.54, 1.807) is 13.3 Å². The molecular formula is C17H20ClN3O3. The van der Waals surface area contributed by atoms with Gasteiger partial charge in [0, 0.05) is 43.7 Å². The van der Waals surface area contributed by atoms with Gasteiger partial charge in [0.15, 0.2) is 11.5 Å². The van der Waals surface area contributed by atoms with Crippen molar-refractivity contribution >= 4 is 11.6 Å². The van der Waals surface area contributed by atoms with Gasteiger partial charge in [-0.25, -0.2) is 4.98 Å². The van der Waals surface area contributed by atoms with Gasteiger partial charge in [0.05, 0.1) is 12.1 Å². The normalized spacial score (nSPS) is 23.6. The van der Waals surface area contributed by atoms with Crippen LogP contribution in [-0.2, 0) is 11.3 Å². The van der Waals surface area contributed by atoms with Crippen LogP contribution in [0.1, 0.15) is 23.9 Å². The van der Waals surface area contributed by atoms with Crippen LogP contribution in [-0.4, -0.2) is 47.8 Å². The van der Waals surface area contributed by atoms with E-state index in [0.717, 1.165) is 30.1 Å². The van der Waals surface area contributed by atoms with Crippen LogP contribution in [0.15, 0.2) is 24.5 Å². The lowest BCUT2D eigenvalue weighted by Gasteiger charge is -2.25. The molecule has 6 nitrogen and oxygen atoms in total. The molecule has 4 rings (SSSR count). The molecule has 0 amide bonds. The molecule has 1 unspecified atom stereocenters. The molecule has 0 radical (unpaired) electrons. The number of imidazole rings is 1. The number of hydrogen-bond donors (Lipinski definition) is 1. The first-order chi connectivity index (χ1) is 11.7. The largest absolute Gasteiger partial charge is 0.486 e. The second-order valence-corrected chi connectivity index (χ2v) is 6.51. The summed E-state index contributed by atoms with van der Waals surface area (Å²) in [4.78, 5) is 9.98. The summed E-state index contributed by atoms with van der Waals surface area (Å²) in [5.41, 5.74) is 1.02. The lowest BCUT2D eigenvalue weighted by Crippen LogP contribution is -2.25. The quantitative estimate of drug-likeness (QED) is 0.919. The van der Waals surface area contributed by atoms with Crippen molar-refractivity contribution in [3.05, 3.63) is 40.9 Å². The van der Waals surface area contributed by atoms with Crippen molar-refractivity contribution in [3.63, 3.8) is 0 Å². The fourth-order valence-corrected chi connectivity index (χ4v) is 3.61. The summed E-state index contributed by atoms with van der Waals surface area (Å²) in [5.74, 6) is 2.44. The van der Waals surface area contributed by atoms with E-state index in [1.165, 1.54) is 0 Å². The Morgan fingerprint density at radius 2 is 2.12 bits per heavy atom. The first-order valence-corrected chi connectivity index (χ1v) is 8.46. The molecule has 24 heavy (non-hydrogen) atoms. The van der Waals surface area contributed by atoms with Crippen LogP contribution in [0.3, 0.4) is 0 Å². The Balaban J connectivity index is 1.59. The van der Waals surface area contributed by atoms with E-state index in [-0.39, 0.29) is 12.1 Å². The molecule has 2 aliphatic heterocycles. The van der Waals surface area contributed by atoms with Crippen LogP contribution in [0, 0.1) is 0 Å². The number of ether oxygens (including phenoxy) is 3. The average molecular weight is 350 g/mol. The molecule has 1 aromatic carbocycles. The Morgan fingerprint density at radius 3 is 2.83 bits per heavy atom. The lowest BCUT2D eigenvalue weighted by molar-refractivity contribution is 0.107. The van der Waals surface area contributed by atoms with E-state index < -0.39 is 0 Å². The molecule has 1 aromatic heterocycles. The predicted molar refractivity (Wildman–Crippen MR) is 89.6 cm³/mol. The third-order valence-electron chi connectivity index (χ3n) is 4.62. The van der Waals surface area contributed by atoms with Crippen LogP contribution in [0.2, 0.25) is 5.02 Å². The maximum Gasteiger partial charge on any atom is 0.162 e. The number of aromatic amines is 1. The molecular weight excluding hydrogens is 330 g/mol. The number of rotatable bonds is 4. The topological polar surface area (TPSA) is 59.6 Å². The third-order valence-corrected chi connectivity index (χ3v) is 4.97. The Bertz CT molecular complexity index is 707. The monoisotopic (exact) mass is 349 g/mol. The number of nitrogens with zero attached hydrogens (tertiary/aromatic N) is 2. The zero-order valence-corrected chi connectivity index (χ0v) is 14.3. The molecule has 0 saturated carbocycles. The van der Waals surface area contributed by atoms with Crippen molar-refractivity contribution in [1.29, 1.82) is 0 Å². The molecule has 1 fully saturated rings. The summed E-state index contributed by atoms with van der Waals surface area (Å²) in [7, 11) is 1.75. The van der Waals surface area contributed by atoms with Crippen molar-refractivity contribution < 1.29 is 14.2 Å². The summed E-state index contributed by atoms with van der Waals surface area (Å²) >= 11 is 6.47. The minimum Gasteiger partial charge on any atom is -0.486 e. The number of hydrogen-bond acceptors (Lipinski definition) is 5. The molecule has 0 aliphatic carbocycles. The highest BCUT2D eigenvalue weighted by Crippen LogP contribution is 2.38. The number of likely N-dealkylation sites (tertiary alicyclic amines) is 1. The number of aromatic nitrogens is 2. The zero-order chi connectivity index (χ0) is 16.5. The van der Waals surface area contributed by atoms with Gasteiger partial charge in [-0.05, 0) is 18.1 Å². The Kier molecular flexibility index (Phi) is 4.35. The minimum absolute atomic E-state index is 0.189. The number of fused-ring (bicyclic) bond motifs is 1. The minimum atomic E-state index is 0.189. The van der Waals surface area contributed by atoms with E-state index >= 15 is 0 Å². The Labute approximate surface area is 145 Å². The van der Waals surface area contributed by atoms with Gasteiger partial charge >= 0.3 is 0 Å². The highest BCUT2D eigenvalue weighted by molar-refractivity contribution is 6.31. The fraction of sp³-hybridized carbons (Fsp3) is 0.471. The van der Waals surface area contributed by atoms with Crippen LogP contribution in [0.5, 0.6) is 11.5 Å². The number of nitrogens with one attached hydrogen (secondary N) is 1. The van der Waals surface area contributed by atoms with Crippen molar-refractivity contribution in [3.8, 4) is 11.5 Å². The van der Waals surface area contributed by atoms with Gasteiger partial charge in [0.2, 0.25) is 0 Å². The van der Waals surface area contributed by atoms with Crippen molar-refractivity contribution in [1.82, 2.24) is 14.9 Å². The first kappa shape index (κ1) is 15.7. The highest BCUT2D eigenvalue weighted by atomic mass is 35.5. The maximum atomic E-state index is 6.47. The van der Waals surface area contributed by atoms with E-state index in [2.05, 4.69) is 14.9 Å². The average Bonchev–Trinajstić information content (AvgIpc) is 3.24. The molecule has 2 aromatic rings. The van der Waals surface area contributed by atoms with Gasteiger partial charge in [-0.2, -0.15) is 0 Å². The van der Waals surface area contributed by atoms with Gasteiger partial charge < -0.3 is 19.2 Å². The molecule has 1 N–H and O–H groups in total. The molecule has 0 bridgehead atoms. The van der Waals surface area contributed by atoms with E-state index in [0.29, 0.717) is 30.5 Å². The molecule has 128 valence electrons. The Hall–Kier alpha value is -1.76. The summed E-state index contributed by atoms with van der Waals surface area (Å²) in [6.07, 6.45) is 4.73. The zero-order valence-electron chi connectivity index (χ0n) is 13.5. The van der Waals surface area contributed by atoms with Crippen LogP contribution in [0.4, 0.5) is 0 Å². The smallest absolute Gasteiger partial charge is 0.162 e. The van der Waals surface area contributed by atoms with Crippen molar-refractivity contribution in [2.24, 2.45) is 0 Å². The van der Waals surface area contributed by atoms with Crippen LogP contribution >= 0.6 is 11.6 Å². The van der Waals surface area contributed by atoms with Crippen LogP contribution in [0.25, 0.3) is 0 Å². The standard InChI is InChI=1S/C17H20ClN3O3/c1-22-12-7-14(17-19-2-3-20-17)21(10-12)9-11-6-15-16(8-13(11)18)24-5-4-23-15/h2-3,6,8,12,14H,4-5,7,9-10H2,1H3,(H,19,20)/t12-,14?/m1/s1. The number of halogens is 1. The maximum absolute atomic E-state index is 6.47. The van der Waals surface area contributed by atoms with Gasteiger partial charge in [-0.1, -0.05) is 11.6 Å². The van der Waals surface area contributed by atoms with Gasteiger partial charge in [-0.3, -0.25) is 4.90 Å². The highest BCUT2D eigenvalue weighted by Gasteiger charge is 2.35. The molecule has 3 heterocycles. The summed E-state index contributed by atoms with van der Waals surface area (Å²) < 4.78 is 16.8. The summed E-state index contributed by atoms with van der Waals surface area (Å²) in [5, 5.41) is 0.693. The summed E-state index contributed by atoms with van der Waals surface area (Å²) in [6, 6.07) is 4.02. The second kappa shape index (κ2) is 6.63. The van der Waals surface area contributed by atoms with Gasteiger partial charge in [0.1, 0.15) is 19.0 Å². The second-order valence-electron chi connectivity index (χ2n) is 6.10. The Morgan fingerprint density at radius 1 is 1.33 bits per heavy atom. The fourth-order valence-electron chi connectivity index (χ4n) is 3.40. The van der Waals surface area contributed by atoms with Gasteiger partial charge in [0.25, 0.3) is 0 Å². The number of methoxy groups -OCH3 is 1. The van der Waals surface area contributed by atoms with E-state index in [9.17, 15) is 0 Å². The summed E-state index contributed by atoms with van der Waals surface area (Å²) in [6.45, 7) is 2.68. The van der Waals surface area contributed by atoms with Crippen molar-refractivity contribution in [2.75, 3.05) is 26.9 Å². The molecule has 7 heteroatoms. The van der Waals surface area contributed by atoms with Crippen LogP contribution < -0.4 is 9.47 Å². The lowest BCUT2D eigenvalue weighted by atomic mass is 10.1.